The van der Waals surface area contributed by atoms with Crippen molar-refractivity contribution in [3.63, 3.8) is 0 Å². The maximum atomic E-state index is 11.7. The van der Waals surface area contributed by atoms with Crippen molar-refractivity contribution in [2.45, 2.75) is 17.7 Å². The standard InChI is InChI=1S/C8H8BrN3OS/c9-3-1-2-4-6(5(3)13)14-8(12-4)7(10)11/h3H,1-2H2,(H3,10,11). The number of nitrogens with zero attached hydrogens (tertiary/aromatic N) is 1. The highest BCUT2D eigenvalue weighted by molar-refractivity contribution is 9.10. The van der Waals surface area contributed by atoms with E-state index in [0.717, 1.165) is 18.5 Å². The van der Waals surface area contributed by atoms with Crippen LogP contribution in [0.3, 0.4) is 0 Å². The van der Waals surface area contributed by atoms with E-state index in [1.54, 1.807) is 0 Å². The van der Waals surface area contributed by atoms with Crippen LogP contribution in [-0.4, -0.2) is 21.4 Å². The van der Waals surface area contributed by atoms with Crippen LogP contribution in [0.5, 0.6) is 0 Å². The number of Topliss-reactive ketones (excluding diaryl/α,β-unsaturated/α-hetero) is 1. The third-order valence-corrected chi connectivity index (χ3v) is 4.09. The van der Waals surface area contributed by atoms with Gasteiger partial charge in [-0.05, 0) is 12.8 Å². The van der Waals surface area contributed by atoms with Crippen LogP contribution in [0.25, 0.3) is 0 Å². The Morgan fingerprint density at radius 3 is 3.07 bits per heavy atom. The fourth-order valence-electron chi connectivity index (χ4n) is 1.37. The normalized spacial score (nSPS) is 20.6. The van der Waals surface area contributed by atoms with Crippen molar-refractivity contribution < 1.29 is 4.79 Å². The number of carbonyl (C=O) groups excluding carboxylic acids is 1. The third kappa shape index (κ3) is 1.48. The molecule has 0 radical (unpaired) electrons. The zero-order valence-corrected chi connectivity index (χ0v) is 9.61. The van der Waals surface area contributed by atoms with Gasteiger partial charge < -0.3 is 5.73 Å². The zero-order valence-electron chi connectivity index (χ0n) is 7.21. The van der Waals surface area contributed by atoms with Crippen molar-refractivity contribution in [3.8, 4) is 0 Å². The summed E-state index contributed by atoms with van der Waals surface area (Å²) in [6.45, 7) is 0. The molecule has 1 aliphatic carbocycles. The minimum absolute atomic E-state index is 0.0660. The van der Waals surface area contributed by atoms with Crippen LogP contribution in [0, 0.1) is 5.41 Å². The number of halogens is 1. The molecule has 1 aromatic rings. The quantitative estimate of drug-likeness (QED) is 0.460. The molecule has 3 N–H and O–H groups in total. The first-order valence-electron chi connectivity index (χ1n) is 4.12. The number of rotatable bonds is 1. The summed E-state index contributed by atoms with van der Waals surface area (Å²) in [4.78, 5) is 16.4. The largest absolute Gasteiger partial charge is 0.382 e. The summed E-state index contributed by atoms with van der Waals surface area (Å²) in [5.74, 6) is -0.000396. The number of nitrogens with one attached hydrogen (secondary N) is 1. The summed E-state index contributed by atoms with van der Waals surface area (Å²) in [5, 5.41) is 7.68. The maximum Gasteiger partial charge on any atom is 0.188 e. The molecular weight excluding hydrogens is 266 g/mol. The van der Waals surface area contributed by atoms with Gasteiger partial charge in [0.15, 0.2) is 16.6 Å². The number of hydrogen-bond acceptors (Lipinski definition) is 4. The smallest absolute Gasteiger partial charge is 0.188 e. The Hall–Kier alpha value is -0.750. The van der Waals surface area contributed by atoms with Crippen LogP contribution in [0.2, 0.25) is 0 Å². The number of thiazole rings is 1. The number of hydrogen-bond donors (Lipinski definition) is 2. The summed E-state index contributed by atoms with van der Waals surface area (Å²) in [6, 6.07) is 0. The summed E-state index contributed by atoms with van der Waals surface area (Å²) < 4.78 is 0. The Morgan fingerprint density at radius 2 is 2.43 bits per heavy atom. The average Bonchev–Trinajstić information content (AvgIpc) is 2.56. The molecule has 14 heavy (non-hydrogen) atoms. The first-order chi connectivity index (χ1) is 6.59. The SMILES string of the molecule is N=C(N)c1nc2c(s1)C(=O)C(Br)CC2. The van der Waals surface area contributed by atoms with Crippen LogP contribution in [0.1, 0.15) is 26.8 Å². The fraction of sp³-hybridized carbons (Fsp3) is 0.375. The maximum absolute atomic E-state index is 11.7. The average molecular weight is 274 g/mol. The highest BCUT2D eigenvalue weighted by Crippen LogP contribution is 2.29. The predicted molar refractivity (Wildman–Crippen MR) is 58.5 cm³/mol. The number of nitrogen functional groups attached to an aromatic ring is 1. The highest BCUT2D eigenvalue weighted by atomic mass is 79.9. The van der Waals surface area contributed by atoms with Crippen molar-refractivity contribution in [3.05, 3.63) is 15.6 Å². The second-order valence-electron chi connectivity index (χ2n) is 3.08. The van der Waals surface area contributed by atoms with Gasteiger partial charge in [-0.15, -0.1) is 11.3 Å². The van der Waals surface area contributed by atoms with Gasteiger partial charge in [-0.2, -0.15) is 0 Å². The molecule has 1 heterocycles. The Labute approximate surface area is 93.2 Å². The van der Waals surface area contributed by atoms with Gasteiger partial charge in [-0.3, -0.25) is 10.2 Å². The van der Waals surface area contributed by atoms with Gasteiger partial charge in [0.05, 0.1) is 15.4 Å². The molecule has 6 heteroatoms. The van der Waals surface area contributed by atoms with E-state index < -0.39 is 0 Å². The van der Waals surface area contributed by atoms with Crippen LogP contribution in [-0.2, 0) is 6.42 Å². The summed E-state index contributed by atoms with van der Waals surface area (Å²) in [5.41, 5.74) is 6.11. The molecule has 0 spiro atoms. The molecule has 1 aromatic heterocycles. The molecule has 0 amide bonds. The monoisotopic (exact) mass is 273 g/mol. The van der Waals surface area contributed by atoms with E-state index in [4.69, 9.17) is 11.1 Å². The van der Waals surface area contributed by atoms with E-state index in [2.05, 4.69) is 20.9 Å². The summed E-state index contributed by atoms with van der Waals surface area (Å²) in [6.07, 6.45) is 1.55. The lowest BCUT2D eigenvalue weighted by Gasteiger charge is -2.12. The molecule has 1 aliphatic rings. The molecule has 0 saturated heterocycles. The van der Waals surface area contributed by atoms with Crippen molar-refractivity contribution in [1.29, 1.82) is 5.41 Å². The molecule has 4 nitrogen and oxygen atoms in total. The van der Waals surface area contributed by atoms with Crippen LogP contribution in [0.4, 0.5) is 0 Å². The Bertz CT molecular complexity index is 415. The lowest BCUT2D eigenvalue weighted by atomic mass is 10.0. The minimum Gasteiger partial charge on any atom is -0.382 e. The van der Waals surface area contributed by atoms with E-state index in [0.29, 0.717) is 9.88 Å². The van der Waals surface area contributed by atoms with Crippen LogP contribution < -0.4 is 5.73 Å². The number of alkyl halides is 1. The van der Waals surface area contributed by atoms with Crippen LogP contribution in [0.15, 0.2) is 0 Å². The Morgan fingerprint density at radius 1 is 1.71 bits per heavy atom. The molecule has 0 bridgehead atoms. The van der Waals surface area contributed by atoms with Gasteiger partial charge >= 0.3 is 0 Å². The predicted octanol–water partition coefficient (Wildman–Crippen LogP) is 1.32. The fourth-order valence-corrected chi connectivity index (χ4v) is 2.94. The van der Waals surface area contributed by atoms with E-state index in [-0.39, 0.29) is 16.4 Å². The number of amidine groups is 1. The lowest BCUT2D eigenvalue weighted by Crippen LogP contribution is -2.20. The molecule has 0 fully saturated rings. The second kappa shape index (κ2) is 3.43. The first kappa shape index (κ1) is 9.79. The number of fused-ring (bicyclic) bond motifs is 1. The van der Waals surface area contributed by atoms with E-state index in [1.165, 1.54) is 11.3 Å². The first-order valence-corrected chi connectivity index (χ1v) is 5.85. The number of aromatic nitrogens is 1. The molecule has 0 aromatic carbocycles. The molecule has 1 unspecified atom stereocenters. The van der Waals surface area contributed by atoms with Gasteiger partial charge in [-0.25, -0.2) is 4.98 Å². The van der Waals surface area contributed by atoms with Crippen molar-refractivity contribution in [2.24, 2.45) is 5.73 Å². The highest BCUT2D eigenvalue weighted by Gasteiger charge is 2.29. The number of aryl methyl sites for hydroxylation is 1. The third-order valence-electron chi connectivity index (χ3n) is 2.07. The van der Waals surface area contributed by atoms with E-state index in [9.17, 15) is 4.79 Å². The van der Waals surface area contributed by atoms with Gasteiger partial charge in [-0.1, -0.05) is 15.9 Å². The molecule has 74 valence electrons. The van der Waals surface area contributed by atoms with E-state index >= 15 is 0 Å². The molecule has 2 rings (SSSR count). The zero-order chi connectivity index (χ0) is 10.3. The van der Waals surface area contributed by atoms with Gasteiger partial charge in [0, 0.05) is 0 Å². The minimum atomic E-state index is -0.102. The number of nitrogens with two attached hydrogens (primary N) is 1. The van der Waals surface area contributed by atoms with Gasteiger partial charge in [0.2, 0.25) is 0 Å². The summed E-state index contributed by atoms with van der Waals surface area (Å²) >= 11 is 4.53. The van der Waals surface area contributed by atoms with Crippen molar-refractivity contribution >= 4 is 38.9 Å². The Kier molecular flexibility index (Phi) is 2.40. The number of carbonyl (C=O) groups is 1. The lowest BCUT2D eigenvalue weighted by molar-refractivity contribution is 0.0985. The van der Waals surface area contributed by atoms with Crippen LogP contribution >= 0.6 is 27.3 Å². The Balaban J connectivity index is 2.46. The van der Waals surface area contributed by atoms with E-state index in [1.807, 2.05) is 0 Å². The van der Waals surface area contributed by atoms with Gasteiger partial charge in [0.1, 0.15) is 0 Å². The number of ketones is 1. The molecule has 0 aliphatic heterocycles. The molecular formula is C8H8BrN3OS. The molecule has 0 saturated carbocycles. The van der Waals surface area contributed by atoms with Crippen molar-refractivity contribution in [1.82, 2.24) is 4.98 Å². The summed E-state index contributed by atoms with van der Waals surface area (Å²) in [7, 11) is 0. The van der Waals surface area contributed by atoms with Crippen molar-refractivity contribution in [2.75, 3.05) is 0 Å². The molecule has 1 atom stereocenters. The topological polar surface area (TPSA) is 79.8 Å². The van der Waals surface area contributed by atoms with Gasteiger partial charge in [0.25, 0.3) is 0 Å². The second-order valence-corrected chi connectivity index (χ2v) is 5.18.